The Labute approximate surface area is 96.4 Å². The van der Waals surface area contributed by atoms with Crippen LogP contribution in [0.2, 0.25) is 0 Å². The van der Waals surface area contributed by atoms with Crippen molar-refractivity contribution in [2.24, 2.45) is 11.1 Å². The lowest BCUT2D eigenvalue weighted by Gasteiger charge is -2.35. The quantitative estimate of drug-likeness (QED) is 0.739. The van der Waals surface area contributed by atoms with E-state index >= 15 is 0 Å². The summed E-state index contributed by atoms with van der Waals surface area (Å²) in [5.41, 5.74) is 7.32. The first-order valence-corrected chi connectivity index (χ1v) is 5.43. The predicted molar refractivity (Wildman–Crippen MR) is 63.9 cm³/mol. The van der Waals surface area contributed by atoms with E-state index in [1.165, 1.54) is 6.92 Å². The zero-order valence-corrected chi connectivity index (χ0v) is 10.3. The predicted octanol–water partition coefficient (Wildman–Crippen LogP) is 1.77. The molecule has 0 heterocycles. The Kier molecular flexibility index (Phi) is 3.48. The summed E-state index contributed by atoms with van der Waals surface area (Å²) < 4.78 is 0. The first-order valence-electron chi connectivity index (χ1n) is 5.43. The van der Waals surface area contributed by atoms with E-state index in [0.29, 0.717) is 0 Å². The maximum absolute atomic E-state index is 12.1. The first kappa shape index (κ1) is 12.8. The highest BCUT2D eigenvalue weighted by atomic mass is 16.1. The van der Waals surface area contributed by atoms with Gasteiger partial charge < -0.3 is 5.73 Å². The molecule has 0 aromatic rings. The summed E-state index contributed by atoms with van der Waals surface area (Å²) in [7, 11) is 0. The van der Waals surface area contributed by atoms with Crippen molar-refractivity contribution in [1.82, 2.24) is 0 Å². The van der Waals surface area contributed by atoms with E-state index in [9.17, 15) is 9.59 Å². The van der Waals surface area contributed by atoms with Crippen molar-refractivity contribution < 1.29 is 9.59 Å². The van der Waals surface area contributed by atoms with Gasteiger partial charge in [0.15, 0.2) is 5.78 Å². The molecule has 0 aromatic heterocycles. The molecule has 1 aliphatic carbocycles. The Balaban J connectivity index is 3.05. The average molecular weight is 221 g/mol. The zero-order chi connectivity index (χ0) is 12.5. The Bertz CT molecular complexity index is 393. The fourth-order valence-corrected chi connectivity index (χ4v) is 2.20. The molecule has 3 heteroatoms. The minimum atomic E-state index is -0.741. The van der Waals surface area contributed by atoms with Crippen LogP contribution in [-0.4, -0.2) is 17.6 Å². The highest BCUT2D eigenvalue weighted by Crippen LogP contribution is 2.34. The average Bonchev–Trinajstić information content (AvgIpc) is 2.12. The van der Waals surface area contributed by atoms with Crippen molar-refractivity contribution in [2.75, 3.05) is 0 Å². The highest BCUT2D eigenvalue weighted by Gasteiger charge is 2.39. The molecule has 2 unspecified atom stereocenters. The molecule has 0 fully saturated rings. The number of hydrogen-bond acceptors (Lipinski definition) is 3. The smallest absolute Gasteiger partial charge is 0.151 e. The van der Waals surface area contributed by atoms with Crippen LogP contribution in [0.25, 0.3) is 0 Å². The molecule has 0 bridgehead atoms. The van der Waals surface area contributed by atoms with E-state index in [1.54, 1.807) is 0 Å². The standard InChI is InChI=1S/C13H19NO2/c1-8-5-9(2)12(14)13(4,7-8)11(16)6-10(3)15/h5,7,12H,6,14H2,1-4H3. The normalized spacial score (nSPS) is 29.4. The molecular formula is C13H19NO2. The van der Waals surface area contributed by atoms with E-state index < -0.39 is 5.41 Å². The fourth-order valence-electron chi connectivity index (χ4n) is 2.20. The van der Waals surface area contributed by atoms with Crippen LogP contribution in [0.5, 0.6) is 0 Å². The fraction of sp³-hybridized carbons (Fsp3) is 0.538. The summed E-state index contributed by atoms with van der Waals surface area (Å²) in [4.78, 5) is 23.1. The van der Waals surface area contributed by atoms with Crippen LogP contribution >= 0.6 is 0 Å². The molecule has 0 radical (unpaired) electrons. The maximum Gasteiger partial charge on any atom is 0.151 e. The molecule has 0 saturated carbocycles. The van der Waals surface area contributed by atoms with Crippen LogP contribution in [-0.2, 0) is 9.59 Å². The zero-order valence-electron chi connectivity index (χ0n) is 10.3. The summed E-state index contributed by atoms with van der Waals surface area (Å²) in [5, 5.41) is 0. The minimum Gasteiger partial charge on any atom is -0.323 e. The first-order chi connectivity index (χ1) is 7.27. The van der Waals surface area contributed by atoms with Gasteiger partial charge in [0, 0.05) is 6.04 Å². The van der Waals surface area contributed by atoms with Crippen molar-refractivity contribution in [2.45, 2.75) is 40.2 Å². The van der Waals surface area contributed by atoms with Gasteiger partial charge in [-0.25, -0.2) is 0 Å². The van der Waals surface area contributed by atoms with E-state index in [2.05, 4.69) is 0 Å². The number of carbonyl (C=O) groups is 2. The second-order valence-electron chi connectivity index (χ2n) is 4.84. The van der Waals surface area contributed by atoms with Gasteiger partial charge in [-0.05, 0) is 27.7 Å². The SMILES string of the molecule is CC(=O)CC(=O)C1(C)C=C(C)C=C(C)C1N. The maximum atomic E-state index is 12.1. The van der Waals surface area contributed by atoms with Crippen LogP contribution in [0.3, 0.4) is 0 Å². The summed E-state index contributed by atoms with van der Waals surface area (Å²) in [6.45, 7) is 7.09. The van der Waals surface area contributed by atoms with Gasteiger partial charge in [0.25, 0.3) is 0 Å². The molecule has 1 aliphatic rings. The minimum absolute atomic E-state index is 0.0404. The van der Waals surface area contributed by atoms with Crippen molar-refractivity contribution in [1.29, 1.82) is 0 Å². The third kappa shape index (κ3) is 2.30. The van der Waals surface area contributed by atoms with E-state index in [0.717, 1.165) is 11.1 Å². The van der Waals surface area contributed by atoms with E-state index in [1.807, 2.05) is 32.9 Å². The van der Waals surface area contributed by atoms with Gasteiger partial charge in [0.1, 0.15) is 5.78 Å². The second kappa shape index (κ2) is 4.34. The molecular weight excluding hydrogens is 202 g/mol. The van der Waals surface area contributed by atoms with E-state index in [4.69, 9.17) is 5.73 Å². The topological polar surface area (TPSA) is 60.2 Å². The molecule has 0 saturated heterocycles. The summed E-state index contributed by atoms with van der Waals surface area (Å²) in [6.07, 6.45) is 3.81. The van der Waals surface area contributed by atoms with Crippen molar-refractivity contribution in [3.8, 4) is 0 Å². The van der Waals surface area contributed by atoms with Crippen LogP contribution in [0.4, 0.5) is 0 Å². The molecule has 0 spiro atoms. The van der Waals surface area contributed by atoms with Gasteiger partial charge in [-0.3, -0.25) is 9.59 Å². The Morgan fingerprint density at radius 2 is 2.00 bits per heavy atom. The lowest BCUT2D eigenvalue weighted by Crippen LogP contribution is -2.46. The van der Waals surface area contributed by atoms with Crippen LogP contribution in [0.15, 0.2) is 23.3 Å². The molecule has 88 valence electrons. The molecule has 0 aliphatic heterocycles. The van der Waals surface area contributed by atoms with E-state index in [-0.39, 0.29) is 24.0 Å². The number of Topliss-reactive ketones (excluding diaryl/α,β-unsaturated/α-hetero) is 2. The van der Waals surface area contributed by atoms with Crippen molar-refractivity contribution in [3.05, 3.63) is 23.3 Å². The Morgan fingerprint density at radius 1 is 1.44 bits per heavy atom. The lowest BCUT2D eigenvalue weighted by molar-refractivity contribution is -0.130. The van der Waals surface area contributed by atoms with Gasteiger partial charge in [-0.15, -0.1) is 0 Å². The number of hydrogen-bond donors (Lipinski definition) is 1. The third-order valence-electron chi connectivity index (χ3n) is 3.13. The van der Waals surface area contributed by atoms with Crippen LogP contribution in [0, 0.1) is 5.41 Å². The lowest BCUT2D eigenvalue weighted by atomic mass is 9.70. The monoisotopic (exact) mass is 221 g/mol. The van der Waals surface area contributed by atoms with Gasteiger partial charge in [-0.2, -0.15) is 0 Å². The van der Waals surface area contributed by atoms with Crippen molar-refractivity contribution >= 4 is 11.6 Å². The number of carbonyl (C=O) groups excluding carboxylic acids is 2. The Hall–Kier alpha value is -1.22. The number of nitrogens with two attached hydrogens (primary N) is 1. The molecule has 3 nitrogen and oxygen atoms in total. The highest BCUT2D eigenvalue weighted by molar-refractivity contribution is 6.02. The molecule has 0 aromatic carbocycles. The van der Waals surface area contributed by atoms with Gasteiger partial charge in [-0.1, -0.05) is 23.3 Å². The van der Waals surface area contributed by atoms with Gasteiger partial charge in [0.05, 0.1) is 11.8 Å². The summed E-state index contributed by atoms with van der Waals surface area (Å²) in [5.74, 6) is -0.212. The van der Waals surface area contributed by atoms with Gasteiger partial charge in [0.2, 0.25) is 0 Å². The second-order valence-corrected chi connectivity index (χ2v) is 4.84. The van der Waals surface area contributed by atoms with Crippen LogP contribution < -0.4 is 5.73 Å². The van der Waals surface area contributed by atoms with Crippen molar-refractivity contribution in [3.63, 3.8) is 0 Å². The molecule has 16 heavy (non-hydrogen) atoms. The summed E-state index contributed by atoms with van der Waals surface area (Å²) >= 11 is 0. The number of ketones is 2. The molecule has 0 amide bonds. The van der Waals surface area contributed by atoms with Gasteiger partial charge >= 0.3 is 0 Å². The summed E-state index contributed by atoms with van der Waals surface area (Å²) in [6, 6.07) is -0.331. The molecule has 2 atom stereocenters. The number of allylic oxidation sites excluding steroid dienone is 2. The molecule has 1 rings (SSSR count). The molecule has 2 N–H and O–H groups in total. The Morgan fingerprint density at radius 3 is 2.50 bits per heavy atom. The van der Waals surface area contributed by atoms with Crippen LogP contribution in [0.1, 0.15) is 34.1 Å². The largest absolute Gasteiger partial charge is 0.323 e. The number of rotatable bonds is 3. The third-order valence-corrected chi connectivity index (χ3v) is 3.13.